The van der Waals surface area contributed by atoms with Gasteiger partial charge in [-0.1, -0.05) is 74.9 Å². The number of nitrogens with one attached hydrogen (secondary N) is 4. The van der Waals surface area contributed by atoms with Gasteiger partial charge in [-0.25, -0.2) is 19.7 Å². The van der Waals surface area contributed by atoms with Gasteiger partial charge in [0.25, 0.3) is 0 Å². The lowest BCUT2D eigenvalue weighted by molar-refractivity contribution is -0.135. The van der Waals surface area contributed by atoms with Crippen molar-refractivity contribution in [2.45, 2.75) is 76.9 Å². The molecule has 5 unspecified atom stereocenters. The van der Waals surface area contributed by atoms with E-state index in [4.69, 9.17) is 9.72 Å². The maximum Gasteiger partial charge on any atom is 0.407 e. The first-order valence-corrected chi connectivity index (χ1v) is 19.4. The van der Waals surface area contributed by atoms with Gasteiger partial charge in [0.1, 0.15) is 17.7 Å². The van der Waals surface area contributed by atoms with Crippen molar-refractivity contribution in [1.82, 2.24) is 40.5 Å². The van der Waals surface area contributed by atoms with Gasteiger partial charge < -0.3 is 30.2 Å². The Morgan fingerprint density at radius 3 is 2.05 bits per heavy atom. The zero-order valence-corrected chi connectivity index (χ0v) is 32.0. The van der Waals surface area contributed by atoms with Gasteiger partial charge in [-0.05, 0) is 83.7 Å². The van der Waals surface area contributed by atoms with Crippen LogP contribution in [0.3, 0.4) is 0 Å². The molecule has 1 aliphatic heterocycles. The molecule has 2 saturated carbocycles. The molecule has 56 heavy (non-hydrogen) atoms. The van der Waals surface area contributed by atoms with Crippen molar-refractivity contribution in [2.24, 2.45) is 17.8 Å². The molecule has 4 N–H and O–H groups in total. The van der Waals surface area contributed by atoms with Crippen molar-refractivity contribution in [1.29, 1.82) is 0 Å². The molecule has 4 heterocycles. The molecule has 3 fully saturated rings. The largest absolute Gasteiger partial charge is 0.453 e. The summed E-state index contributed by atoms with van der Waals surface area (Å²) in [5.74, 6) is 3.56. The summed E-state index contributed by atoms with van der Waals surface area (Å²) in [6.07, 6.45) is 12.3. The highest BCUT2D eigenvalue weighted by Crippen LogP contribution is 2.52. The molecule has 292 valence electrons. The lowest BCUT2D eigenvalue weighted by Crippen LogP contribution is -2.51. The molecule has 12 nitrogen and oxygen atoms in total. The number of ether oxygens (including phenoxy) is 1. The number of aromatic amines is 2. The molecule has 2 aliphatic carbocycles. The highest BCUT2D eigenvalue weighted by atomic mass is 19.1. The number of methoxy groups -OCH3 is 1. The van der Waals surface area contributed by atoms with Crippen molar-refractivity contribution < 1.29 is 23.5 Å². The molecule has 2 aromatic carbocycles. The summed E-state index contributed by atoms with van der Waals surface area (Å²) in [5.41, 5.74) is 7.26. The number of aromatic nitrogens is 5. The number of amides is 3. The maximum absolute atomic E-state index is 13.5. The van der Waals surface area contributed by atoms with Crippen LogP contribution in [0, 0.1) is 23.7 Å². The number of carbonyl (C=O) groups excluding carboxylic acids is 3. The van der Waals surface area contributed by atoms with Gasteiger partial charge in [-0.3, -0.25) is 9.59 Å². The predicted octanol–water partition coefficient (Wildman–Crippen LogP) is 7.55. The average molecular weight is 761 g/mol. The Morgan fingerprint density at radius 2 is 1.50 bits per heavy atom. The molecular weight excluding hydrogens is 712 g/mol. The summed E-state index contributed by atoms with van der Waals surface area (Å²) in [4.78, 5) is 57.0. The lowest BCUT2D eigenvalue weighted by Gasteiger charge is -2.30. The van der Waals surface area contributed by atoms with E-state index < -0.39 is 18.1 Å². The Hall–Kier alpha value is -5.85. The van der Waals surface area contributed by atoms with Crippen molar-refractivity contribution >= 4 is 18.4 Å². The number of nitrogens with zero attached hydrogens (tertiary/aromatic N) is 4. The summed E-state index contributed by atoms with van der Waals surface area (Å²) in [5, 5.41) is 5.15. The van der Waals surface area contributed by atoms with Gasteiger partial charge in [0.2, 0.25) is 18.3 Å². The molecule has 2 bridgehead atoms. The van der Waals surface area contributed by atoms with Crippen LogP contribution in [-0.4, -0.2) is 67.9 Å². The summed E-state index contributed by atoms with van der Waals surface area (Å²) in [6.45, 7) is 4.85. The predicted molar refractivity (Wildman–Crippen MR) is 210 cm³/mol. The summed E-state index contributed by atoms with van der Waals surface area (Å²) in [7, 11) is 1.30. The van der Waals surface area contributed by atoms with E-state index in [-0.39, 0.29) is 17.9 Å². The monoisotopic (exact) mass is 760 g/mol. The fourth-order valence-electron chi connectivity index (χ4n) is 8.45. The minimum atomic E-state index is -0.655. The van der Waals surface area contributed by atoms with E-state index in [1.807, 2.05) is 31.1 Å². The molecule has 8 rings (SSSR count). The van der Waals surface area contributed by atoms with Crippen LogP contribution in [-0.2, 0) is 20.9 Å². The fourth-order valence-corrected chi connectivity index (χ4v) is 8.45. The molecular formula is C43H49FN8O4. The number of hydrogen-bond acceptors (Lipinski definition) is 7. The molecule has 3 amide bonds. The lowest BCUT2D eigenvalue weighted by atomic mass is 9.88. The number of imidazole rings is 2. The third kappa shape index (κ3) is 8.66. The Balaban J connectivity index is 0.000000378. The fraction of sp³-hybridized carbons (Fsp3) is 0.395. The van der Waals surface area contributed by atoms with Crippen LogP contribution < -0.4 is 10.6 Å². The van der Waals surface area contributed by atoms with Crippen LogP contribution in [0.15, 0.2) is 79.3 Å². The van der Waals surface area contributed by atoms with Crippen molar-refractivity contribution in [3.63, 3.8) is 0 Å². The third-order valence-corrected chi connectivity index (χ3v) is 11.4. The van der Waals surface area contributed by atoms with Gasteiger partial charge in [0.05, 0.1) is 36.9 Å². The number of halogens is 1. The van der Waals surface area contributed by atoms with Crippen LogP contribution in [0.5, 0.6) is 0 Å². The number of carbonyl (C=O) groups is 3. The molecule has 1 saturated heterocycles. The minimum absolute atomic E-state index is 0.0743. The van der Waals surface area contributed by atoms with Crippen LogP contribution in [0.4, 0.5) is 9.18 Å². The van der Waals surface area contributed by atoms with E-state index in [2.05, 4.69) is 79.1 Å². The summed E-state index contributed by atoms with van der Waals surface area (Å²) in [6, 6.07) is 19.1. The van der Waals surface area contributed by atoms with E-state index in [0.717, 1.165) is 69.7 Å². The quantitative estimate of drug-likeness (QED) is 0.0800. The molecule has 5 atom stereocenters. The highest BCUT2D eigenvalue weighted by molar-refractivity contribution is 5.86. The van der Waals surface area contributed by atoms with Crippen molar-refractivity contribution in [3.05, 3.63) is 102 Å². The first-order chi connectivity index (χ1) is 27.2. The van der Waals surface area contributed by atoms with E-state index in [0.29, 0.717) is 25.4 Å². The molecule has 3 aliphatic rings. The van der Waals surface area contributed by atoms with Gasteiger partial charge in [0.15, 0.2) is 0 Å². The molecule has 0 radical (unpaired) electrons. The molecule has 3 aromatic heterocycles. The van der Waals surface area contributed by atoms with E-state index in [1.165, 1.54) is 50.9 Å². The standard InChI is InChI=1S/C36H42N6O3.C7H7FN2O/c1-21(2)32(41-36(44)45-3)35(43)42-16-4-5-31(42)34-38-20-30(40-34)26-14-10-24(11-15-26)23-8-12-25(13-9-23)29-19-37-33(39-29)28-18-22-6-7-27(28)17-22;8-7-2-1-6(4-10-7)3-9-5-11/h8-15,19-22,27-28,31-32H,4-7,16-18H2,1-3H3,(H,37,39)(H,38,40)(H,41,44);1-2,4-5H,3H2,(H,9,11). The summed E-state index contributed by atoms with van der Waals surface area (Å²) >= 11 is 0. The Labute approximate surface area is 326 Å². The number of hydrogen-bond donors (Lipinski definition) is 4. The first kappa shape index (κ1) is 38.4. The number of alkyl carbamates (subject to hydrolysis) is 1. The van der Waals surface area contributed by atoms with Crippen LogP contribution in [0.2, 0.25) is 0 Å². The van der Waals surface area contributed by atoms with Crippen LogP contribution >= 0.6 is 0 Å². The number of H-pyrrole nitrogens is 2. The Morgan fingerprint density at radius 1 is 0.857 bits per heavy atom. The van der Waals surface area contributed by atoms with Gasteiger partial charge in [-0.15, -0.1) is 0 Å². The Bertz CT molecular complexity index is 2100. The zero-order chi connectivity index (χ0) is 39.2. The van der Waals surface area contributed by atoms with Gasteiger partial charge in [-0.2, -0.15) is 4.39 Å². The van der Waals surface area contributed by atoms with Crippen molar-refractivity contribution in [3.8, 4) is 33.6 Å². The minimum Gasteiger partial charge on any atom is -0.453 e. The van der Waals surface area contributed by atoms with E-state index >= 15 is 0 Å². The smallest absolute Gasteiger partial charge is 0.407 e. The second-order valence-corrected chi connectivity index (χ2v) is 15.3. The highest BCUT2D eigenvalue weighted by Gasteiger charge is 2.41. The van der Waals surface area contributed by atoms with Gasteiger partial charge in [0, 0.05) is 25.2 Å². The number of likely N-dealkylation sites (tertiary alicyclic amines) is 1. The van der Waals surface area contributed by atoms with Crippen molar-refractivity contribution in [2.75, 3.05) is 13.7 Å². The SMILES string of the molecule is COC(=O)NC(C(=O)N1CCCC1c1ncc(-c2ccc(-c3ccc(-c4cnc(C5CC6CCC5C6)[nH]4)cc3)cc2)[nH]1)C(C)C.O=CNCc1ccc(F)nc1. The maximum atomic E-state index is 13.5. The average Bonchev–Trinajstić information content (AvgIpc) is 4.08. The van der Waals surface area contributed by atoms with E-state index in [9.17, 15) is 18.8 Å². The normalized spacial score (nSPS) is 20.3. The Kier molecular flexibility index (Phi) is 11.9. The second-order valence-electron chi connectivity index (χ2n) is 15.3. The summed E-state index contributed by atoms with van der Waals surface area (Å²) < 4.78 is 17.0. The number of fused-ring (bicyclic) bond motifs is 2. The number of benzene rings is 2. The zero-order valence-electron chi connectivity index (χ0n) is 32.0. The van der Waals surface area contributed by atoms with E-state index in [1.54, 1.807) is 6.07 Å². The topological polar surface area (TPSA) is 158 Å². The number of pyridine rings is 1. The van der Waals surface area contributed by atoms with Crippen LogP contribution in [0.1, 0.15) is 81.5 Å². The number of rotatable bonds is 11. The first-order valence-electron chi connectivity index (χ1n) is 19.4. The van der Waals surface area contributed by atoms with Crippen LogP contribution in [0.25, 0.3) is 33.6 Å². The second kappa shape index (κ2) is 17.3. The molecule has 5 aromatic rings. The third-order valence-electron chi connectivity index (χ3n) is 11.4. The van der Waals surface area contributed by atoms with Gasteiger partial charge >= 0.3 is 6.09 Å². The molecule has 0 spiro atoms. The molecule has 13 heteroatoms.